The molecule has 196 valence electrons. The molecule has 2 saturated carbocycles. The molecule has 0 radical (unpaired) electrons. The van der Waals surface area contributed by atoms with E-state index in [4.69, 9.17) is 9.72 Å². The van der Waals surface area contributed by atoms with Crippen LogP contribution >= 0.6 is 0 Å². The Labute approximate surface area is 211 Å². The Balaban J connectivity index is 1.23. The Hall–Kier alpha value is -3.41. The average molecular weight is 516 g/mol. The number of carbonyl (C=O) groups is 1. The number of benzene rings is 1. The highest BCUT2D eigenvalue weighted by Gasteiger charge is 2.31. The van der Waals surface area contributed by atoms with Crippen molar-refractivity contribution in [1.82, 2.24) is 24.8 Å². The van der Waals surface area contributed by atoms with Crippen molar-refractivity contribution in [3.8, 4) is 0 Å². The molecular formula is C25H28F3N7O2. The van der Waals surface area contributed by atoms with Gasteiger partial charge in [0.05, 0.1) is 18.8 Å². The molecular weight excluding hydrogens is 487 g/mol. The highest BCUT2D eigenvalue weighted by atomic mass is 19.1. The Morgan fingerprint density at radius 1 is 0.973 bits per heavy atom. The van der Waals surface area contributed by atoms with E-state index in [1.807, 2.05) is 0 Å². The number of nitrogens with zero attached hydrogens (tertiary/aromatic N) is 4. The van der Waals surface area contributed by atoms with Gasteiger partial charge < -0.3 is 20.7 Å². The fourth-order valence-corrected chi connectivity index (χ4v) is 5.12. The molecule has 2 aromatic heterocycles. The summed E-state index contributed by atoms with van der Waals surface area (Å²) in [6, 6.07) is 1.58. The molecule has 3 fully saturated rings. The van der Waals surface area contributed by atoms with Gasteiger partial charge in [-0.3, -0.25) is 9.36 Å². The van der Waals surface area contributed by atoms with Gasteiger partial charge in [-0.05, 0) is 44.9 Å². The van der Waals surface area contributed by atoms with E-state index >= 15 is 0 Å². The summed E-state index contributed by atoms with van der Waals surface area (Å²) in [7, 11) is 0. The maximum absolute atomic E-state index is 14.4. The number of imidazole rings is 1. The lowest BCUT2D eigenvalue weighted by Gasteiger charge is -2.28. The van der Waals surface area contributed by atoms with Gasteiger partial charge in [-0.25, -0.2) is 23.1 Å². The van der Waals surface area contributed by atoms with E-state index in [9.17, 15) is 18.0 Å². The first-order valence-corrected chi connectivity index (χ1v) is 12.8. The van der Waals surface area contributed by atoms with Crippen molar-refractivity contribution in [2.24, 2.45) is 5.92 Å². The molecule has 1 aromatic carbocycles. The van der Waals surface area contributed by atoms with Crippen LogP contribution in [0.4, 0.5) is 30.8 Å². The van der Waals surface area contributed by atoms with Crippen molar-refractivity contribution in [2.45, 2.75) is 63.1 Å². The van der Waals surface area contributed by atoms with Gasteiger partial charge >= 0.3 is 0 Å². The topological polar surface area (TPSA) is 106 Å². The molecule has 12 heteroatoms. The molecule has 1 amide bonds. The van der Waals surface area contributed by atoms with Crippen LogP contribution in [0.2, 0.25) is 0 Å². The number of ether oxygens (including phenoxy) is 1. The first-order valence-electron chi connectivity index (χ1n) is 12.8. The minimum absolute atomic E-state index is 0.0479. The van der Waals surface area contributed by atoms with Gasteiger partial charge in [0.2, 0.25) is 17.8 Å². The lowest BCUT2D eigenvalue weighted by atomic mass is 9.85. The molecule has 3 N–H and O–H groups in total. The first-order chi connectivity index (χ1) is 17.9. The molecule has 0 unspecified atom stereocenters. The highest BCUT2D eigenvalue weighted by Crippen LogP contribution is 2.33. The summed E-state index contributed by atoms with van der Waals surface area (Å²) in [6.45, 7) is 0.936. The maximum Gasteiger partial charge on any atom is 0.224 e. The molecule has 2 aliphatic carbocycles. The van der Waals surface area contributed by atoms with Gasteiger partial charge in [-0.1, -0.05) is 0 Å². The molecule has 1 aliphatic heterocycles. The zero-order valence-corrected chi connectivity index (χ0v) is 20.1. The van der Waals surface area contributed by atoms with Gasteiger partial charge in [0.25, 0.3) is 0 Å². The largest absolute Gasteiger partial charge is 0.379 e. The van der Waals surface area contributed by atoms with Crippen molar-refractivity contribution in [3.05, 3.63) is 35.8 Å². The number of halogens is 3. The minimum atomic E-state index is -1.06. The number of anilines is 3. The van der Waals surface area contributed by atoms with Gasteiger partial charge in [0, 0.05) is 36.7 Å². The molecule has 0 spiro atoms. The predicted molar refractivity (Wildman–Crippen MR) is 130 cm³/mol. The van der Waals surface area contributed by atoms with Crippen LogP contribution in [-0.4, -0.2) is 50.7 Å². The van der Waals surface area contributed by atoms with Crippen LogP contribution in [0, 0.1) is 23.4 Å². The number of hydrogen-bond donors (Lipinski definition) is 3. The van der Waals surface area contributed by atoms with E-state index in [1.165, 1.54) is 0 Å². The SMILES string of the molecule is O=C(NC1CC1)C1CCC(Nc2ncc3nc(Nc4c(F)cc(F)cc4F)n([C@@H]4CCOC4)c3n2)CC1. The number of nitrogens with one attached hydrogen (secondary N) is 3. The Kier molecular flexibility index (Phi) is 6.35. The van der Waals surface area contributed by atoms with Crippen LogP contribution in [0.25, 0.3) is 11.2 Å². The predicted octanol–water partition coefficient (Wildman–Crippen LogP) is 4.20. The Bertz CT molecular complexity index is 1290. The average Bonchev–Trinajstić information content (AvgIpc) is 3.38. The van der Waals surface area contributed by atoms with Crippen LogP contribution in [-0.2, 0) is 9.53 Å². The van der Waals surface area contributed by atoms with Crippen molar-refractivity contribution < 1.29 is 22.7 Å². The summed E-state index contributed by atoms with van der Waals surface area (Å²) in [6.07, 6.45) is 7.67. The van der Waals surface area contributed by atoms with Gasteiger partial charge in [-0.2, -0.15) is 4.98 Å². The number of fused-ring (bicyclic) bond motifs is 1. The summed E-state index contributed by atoms with van der Waals surface area (Å²) in [5.74, 6) is -2.32. The number of rotatable bonds is 7. The van der Waals surface area contributed by atoms with Crippen LogP contribution in [0.15, 0.2) is 18.3 Å². The van der Waals surface area contributed by atoms with Crippen molar-refractivity contribution >= 4 is 34.7 Å². The normalized spacial score (nSPS) is 23.8. The van der Waals surface area contributed by atoms with Crippen molar-refractivity contribution in [3.63, 3.8) is 0 Å². The van der Waals surface area contributed by atoms with Crippen LogP contribution in [0.5, 0.6) is 0 Å². The second-order valence-electron chi connectivity index (χ2n) is 10.1. The zero-order valence-electron chi connectivity index (χ0n) is 20.1. The summed E-state index contributed by atoms with van der Waals surface area (Å²) in [4.78, 5) is 25.9. The third-order valence-electron chi connectivity index (χ3n) is 7.30. The number of aromatic nitrogens is 4. The third-order valence-corrected chi connectivity index (χ3v) is 7.30. The summed E-state index contributed by atoms with van der Waals surface area (Å²) < 4.78 is 49.4. The van der Waals surface area contributed by atoms with E-state index in [-0.39, 0.29) is 29.9 Å². The first kappa shape index (κ1) is 24.0. The lowest BCUT2D eigenvalue weighted by molar-refractivity contribution is -0.126. The highest BCUT2D eigenvalue weighted by molar-refractivity contribution is 5.79. The molecule has 3 aromatic rings. The second-order valence-corrected chi connectivity index (χ2v) is 10.1. The molecule has 9 nitrogen and oxygen atoms in total. The van der Waals surface area contributed by atoms with Crippen LogP contribution in [0.3, 0.4) is 0 Å². The lowest BCUT2D eigenvalue weighted by Crippen LogP contribution is -2.37. The molecule has 3 heterocycles. The molecule has 6 rings (SSSR count). The van der Waals surface area contributed by atoms with E-state index in [0.29, 0.717) is 54.9 Å². The maximum atomic E-state index is 14.4. The number of carbonyl (C=O) groups excluding carboxylic acids is 1. The molecule has 1 atom stereocenters. The van der Waals surface area contributed by atoms with Gasteiger partial charge in [-0.15, -0.1) is 0 Å². The molecule has 37 heavy (non-hydrogen) atoms. The van der Waals surface area contributed by atoms with Crippen LogP contribution < -0.4 is 16.0 Å². The quantitative estimate of drug-likeness (QED) is 0.433. The van der Waals surface area contributed by atoms with Gasteiger partial charge in [0.1, 0.15) is 17.0 Å². The van der Waals surface area contributed by atoms with E-state index in [2.05, 4.69) is 25.9 Å². The minimum Gasteiger partial charge on any atom is -0.379 e. The smallest absolute Gasteiger partial charge is 0.224 e. The van der Waals surface area contributed by atoms with Gasteiger partial charge in [0.15, 0.2) is 17.3 Å². The monoisotopic (exact) mass is 515 g/mol. The fraction of sp³-hybridized carbons (Fsp3) is 0.520. The summed E-state index contributed by atoms with van der Waals surface area (Å²) in [5, 5.41) is 9.16. The second kappa shape index (κ2) is 9.81. The summed E-state index contributed by atoms with van der Waals surface area (Å²) >= 11 is 0. The standard InChI is InChI=1S/C25H28F3N7O2/c26-14-9-18(27)21(19(28)10-14)33-25-32-20-11-29-24(34-22(20)35(25)17-7-8-37-12-17)31-16-3-1-13(2-4-16)23(36)30-15-5-6-15/h9-11,13,15-17H,1-8,12H2,(H,30,36)(H,32,33)(H,29,31,34)/t13?,16?,17-/m1/s1. The zero-order chi connectivity index (χ0) is 25.5. The Morgan fingerprint density at radius 3 is 2.38 bits per heavy atom. The Morgan fingerprint density at radius 2 is 1.70 bits per heavy atom. The van der Waals surface area contributed by atoms with E-state index in [1.54, 1.807) is 10.8 Å². The molecule has 1 saturated heterocycles. The van der Waals surface area contributed by atoms with E-state index in [0.717, 1.165) is 38.5 Å². The van der Waals surface area contributed by atoms with Crippen LogP contribution in [0.1, 0.15) is 51.0 Å². The van der Waals surface area contributed by atoms with Crippen molar-refractivity contribution in [2.75, 3.05) is 23.8 Å². The molecule has 0 bridgehead atoms. The molecule has 3 aliphatic rings. The third kappa shape index (κ3) is 5.07. The fourth-order valence-electron chi connectivity index (χ4n) is 5.12. The summed E-state index contributed by atoms with van der Waals surface area (Å²) in [5.41, 5.74) is 0.449. The number of hydrogen-bond acceptors (Lipinski definition) is 7. The number of amides is 1. The van der Waals surface area contributed by atoms with E-state index < -0.39 is 23.1 Å². The van der Waals surface area contributed by atoms with Crippen molar-refractivity contribution in [1.29, 1.82) is 0 Å².